The van der Waals surface area contributed by atoms with Crippen LogP contribution < -0.4 is 26.5 Å². The maximum atomic E-state index is 15.8. The van der Waals surface area contributed by atoms with E-state index in [4.69, 9.17) is 4.74 Å². The Hall–Kier alpha value is -3.89. The number of aryl methyl sites for hydroxylation is 1. The van der Waals surface area contributed by atoms with Gasteiger partial charge in [-0.15, -0.1) is 12.3 Å². The van der Waals surface area contributed by atoms with Crippen molar-refractivity contribution in [1.29, 1.82) is 0 Å². The number of aromatic nitrogens is 1. The fraction of sp³-hybridized carbons (Fsp3) is 0.500. The fourth-order valence-corrected chi connectivity index (χ4v) is 5.96. The molecule has 0 aliphatic carbocycles. The molecular weight excluding hydrogens is 589 g/mol. The normalized spacial score (nSPS) is 14.2. The number of nitrogens with one attached hydrogen (secondary N) is 2. The number of halogens is 1. The molecule has 1 atom stereocenters. The quantitative estimate of drug-likeness (QED) is 0.131. The van der Waals surface area contributed by atoms with Gasteiger partial charge in [-0.2, -0.15) is 0 Å². The third-order valence-electron chi connectivity index (χ3n) is 8.55. The van der Waals surface area contributed by atoms with Gasteiger partial charge in [0.15, 0.2) is 0 Å². The van der Waals surface area contributed by atoms with Crippen LogP contribution in [0, 0.1) is 24.1 Å². The van der Waals surface area contributed by atoms with Crippen molar-refractivity contribution in [1.82, 2.24) is 9.88 Å². The summed E-state index contributed by atoms with van der Waals surface area (Å²) in [6.07, 6.45) is 20.2. The number of benzene rings is 2. The zero-order valence-corrected chi connectivity index (χ0v) is 28.9. The summed E-state index contributed by atoms with van der Waals surface area (Å²) in [6.45, 7) is 11.0. The van der Waals surface area contributed by atoms with Crippen LogP contribution in [0.5, 0.6) is 0 Å². The van der Waals surface area contributed by atoms with Crippen molar-refractivity contribution < 1.29 is 13.9 Å². The van der Waals surface area contributed by atoms with Crippen molar-refractivity contribution in [3.05, 3.63) is 74.1 Å². The standard InChI is InChI=1S/C37H50FN3O3.C3H4/c1-4-6-8-13-27(3)18-21-40-37(43)32-26-41-22-19-29-15-10-9-14-28(29)16-11-17-30-34(39-20-12-24-44-23-7-5-2)33(38)25-31(35(30)41)36(32)42;1-3-2/h9-10,14-16,19,25-27,39H,4-8,11-13,17-18,20-24H2,1-3H3,(H,40,43);1H,2H3/b28-16-,29-19-;. The molecule has 0 saturated carbocycles. The van der Waals surface area contributed by atoms with Crippen molar-refractivity contribution >= 4 is 34.6 Å². The second kappa shape index (κ2) is 20.4. The summed E-state index contributed by atoms with van der Waals surface area (Å²) in [5.74, 6) is 1.88. The van der Waals surface area contributed by atoms with E-state index in [9.17, 15) is 9.59 Å². The number of anilines is 1. The minimum absolute atomic E-state index is 0.0525. The van der Waals surface area contributed by atoms with Crippen LogP contribution >= 0.6 is 0 Å². The third kappa shape index (κ3) is 11.1. The van der Waals surface area contributed by atoms with E-state index < -0.39 is 17.2 Å². The van der Waals surface area contributed by atoms with Crippen LogP contribution in [0.1, 0.15) is 101 Å². The second-order valence-electron chi connectivity index (χ2n) is 12.4. The van der Waals surface area contributed by atoms with E-state index in [2.05, 4.69) is 68.0 Å². The Balaban J connectivity index is 0.00000192. The first-order chi connectivity index (χ1) is 22.9. The molecule has 2 aromatic carbocycles. The number of carbonyl (C=O) groups excluding carboxylic acids is 1. The molecule has 1 aliphatic heterocycles. The highest BCUT2D eigenvalue weighted by Gasteiger charge is 2.22. The lowest BCUT2D eigenvalue weighted by atomic mass is 9.98. The van der Waals surface area contributed by atoms with Gasteiger partial charge < -0.3 is 19.9 Å². The summed E-state index contributed by atoms with van der Waals surface area (Å²) in [5.41, 5.74) is 1.50. The van der Waals surface area contributed by atoms with E-state index in [-0.39, 0.29) is 10.9 Å². The van der Waals surface area contributed by atoms with Crippen molar-refractivity contribution in [2.45, 2.75) is 98.4 Å². The summed E-state index contributed by atoms with van der Waals surface area (Å²) < 4.78 is 23.5. The molecule has 0 fully saturated rings. The molecule has 47 heavy (non-hydrogen) atoms. The fourth-order valence-electron chi connectivity index (χ4n) is 5.96. The number of hydrogen-bond donors (Lipinski definition) is 2. The van der Waals surface area contributed by atoms with E-state index in [1.54, 1.807) is 13.1 Å². The van der Waals surface area contributed by atoms with Crippen LogP contribution in [0.4, 0.5) is 10.1 Å². The molecule has 1 aromatic heterocycles. The molecule has 1 amide bonds. The lowest BCUT2D eigenvalue weighted by Crippen LogP contribution is -2.32. The summed E-state index contributed by atoms with van der Waals surface area (Å²) >= 11 is 0. The zero-order valence-electron chi connectivity index (χ0n) is 28.9. The lowest BCUT2D eigenvalue weighted by Gasteiger charge is -2.20. The van der Waals surface area contributed by atoms with Crippen LogP contribution in [0.25, 0.3) is 23.1 Å². The van der Waals surface area contributed by atoms with Crippen molar-refractivity contribution in [3.8, 4) is 12.3 Å². The number of terminal acetylenes is 1. The maximum absolute atomic E-state index is 15.8. The third-order valence-corrected chi connectivity index (χ3v) is 8.55. The van der Waals surface area contributed by atoms with Gasteiger partial charge in [0, 0.05) is 50.0 Å². The Morgan fingerprint density at radius 2 is 1.74 bits per heavy atom. The first-order valence-electron chi connectivity index (χ1n) is 17.5. The van der Waals surface area contributed by atoms with E-state index >= 15 is 4.39 Å². The Bertz CT molecular complexity index is 1670. The van der Waals surface area contributed by atoms with Gasteiger partial charge in [-0.25, -0.2) is 4.39 Å². The van der Waals surface area contributed by atoms with Crippen LogP contribution in [-0.4, -0.2) is 36.8 Å². The predicted molar refractivity (Wildman–Crippen MR) is 195 cm³/mol. The summed E-state index contributed by atoms with van der Waals surface area (Å²) in [6, 6.07) is 9.50. The molecule has 0 radical (unpaired) electrons. The minimum Gasteiger partial charge on any atom is -0.382 e. The Labute approximate surface area is 280 Å². The molecule has 254 valence electrons. The number of amides is 1. The minimum atomic E-state index is -0.469. The number of pyridine rings is 1. The molecule has 6 nitrogen and oxygen atoms in total. The van der Waals surface area contributed by atoms with Crippen molar-refractivity contribution in [2.75, 3.05) is 31.6 Å². The summed E-state index contributed by atoms with van der Waals surface area (Å²) in [7, 11) is 0. The highest BCUT2D eigenvalue weighted by atomic mass is 19.1. The van der Waals surface area contributed by atoms with Gasteiger partial charge >= 0.3 is 0 Å². The Morgan fingerprint density at radius 1 is 1.04 bits per heavy atom. The average Bonchev–Trinajstić information content (AvgIpc) is 3.06. The highest BCUT2D eigenvalue weighted by Crippen LogP contribution is 2.30. The molecule has 1 unspecified atom stereocenters. The van der Waals surface area contributed by atoms with Gasteiger partial charge in [0.2, 0.25) is 5.43 Å². The van der Waals surface area contributed by atoms with Crippen LogP contribution in [0.15, 0.2) is 41.3 Å². The molecule has 1 aliphatic rings. The smallest absolute Gasteiger partial charge is 0.256 e. The topological polar surface area (TPSA) is 72.4 Å². The number of unbranched alkanes of at least 4 members (excludes halogenated alkanes) is 3. The van der Waals surface area contributed by atoms with Gasteiger partial charge in [-0.05, 0) is 61.4 Å². The molecule has 2 N–H and O–H groups in total. The van der Waals surface area contributed by atoms with E-state index in [1.807, 2.05) is 16.7 Å². The van der Waals surface area contributed by atoms with E-state index in [1.165, 1.54) is 25.3 Å². The molecule has 2 heterocycles. The van der Waals surface area contributed by atoms with Gasteiger partial charge in [0.05, 0.1) is 11.2 Å². The molecule has 0 saturated heterocycles. The number of rotatable bonds is 16. The predicted octanol–water partition coefficient (Wildman–Crippen LogP) is 6.94. The van der Waals surface area contributed by atoms with Crippen LogP contribution in [-0.2, 0) is 17.7 Å². The summed E-state index contributed by atoms with van der Waals surface area (Å²) in [4.78, 5) is 27.1. The number of carbonyl (C=O) groups is 1. The van der Waals surface area contributed by atoms with Crippen LogP contribution in [0.3, 0.4) is 0 Å². The first kappa shape index (κ1) is 37.6. The van der Waals surface area contributed by atoms with Gasteiger partial charge in [-0.3, -0.25) is 9.59 Å². The van der Waals surface area contributed by atoms with Gasteiger partial charge in [-0.1, -0.05) is 89.3 Å². The van der Waals surface area contributed by atoms with Crippen molar-refractivity contribution in [3.63, 3.8) is 0 Å². The van der Waals surface area contributed by atoms with Crippen molar-refractivity contribution in [2.24, 2.45) is 5.92 Å². The van der Waals surface area contributed by atoms with Gasteiger partial charge in [0.25, 0.3) is 5.91 Å². The zero-order chi connectivity index (χ0) is 34.0. The molecule has 3 aromatic rings. The van der Waals surface area contributed by atoms with E-state index in [0.717, 1.165) is 54.7 Å². The van der Waals surface area contributed by atoms with E-state index in [0.29, 0.717) is 56.2 Å². The number of ether oxygens (including phenoxy) is 1. The summed E-state index contributed by atoms with van der Waals surface area (Å²) in [5, 5.41) is 8.74. The van der Waals surface area contributed by atoms with Gasteiger partial charge in [0.1, 0.15) is 11.4 Å². The molecule has 0 spiro atoms. The Morgan fingerprint density at radius 3 is 2.47 bits per heavy atom. The second-order valence-corrected chi connectivity index (χ2v) is 12.4. The maximum Gasteiger partial charge on any atom is 0.256 e. The number of nitrogens with zero attached hydrogens (tertiary/aromatic N) is 1. The highest BCUT2D eigenvalue weighted by molar-refractivity contribution is 5.98. The largest absolute Gasteiger partial charge is 0.382 e. The molecule has 0 bridgehead atoms. The number of hydrogen-bond acceptors (Lipinski definition) is 4. The molecular formula is C40H54FN3O3. The monoisotopic (exact) mass is 643 g/mol. The lowest BCUT2D eigenvalue weighted by molar-refractivity contribution is 0.0950. The first-order valence-corrected chi connectivity index (χ1v) is 17.5. The number of fused-ring (bicyclic) bond motifs is 1. The molecule has 7 heteroatoms. The Kier molecular flexibility index (Phi) is 16.3. The van der Waals surface area contributed by atoms with Crippen LogP contribution in [0.2, 0.25) is 0 Å². The average molecular weight is 644 g/mol. The molecule has 4 rings (SSSR count). The SMILES string of the molecule is C#CC.CCCCCC(C)CCNC(=O)c1cn2c3c(c(NCCCOCCCC)c(F)cc3c1=O)CC/C=c1/cccc/c1=C/C2.